The van der Waals surface area contributed by atoms with Crippen molar-refractivity contribution in [1.29, 1.82) is 0 Å². The first-order valence-electron chi connectivity index (χ1n) is 8.41. The highest BCUT2D eigenvalue weighted by Gasteiger charge is 2.13. The quantitative estimate of drug-likeness (QED) is 0.454. The van der Waals surface area contributed by atoms with Crippen molar-refractivity contribution in [1.82, 2.24) is 15.5 Å². The first kappa shape index (κ1) is 18.1. The monoisotopic (exact) mass is 366 g/mol. The summed E-state index contributed by atoms with van der Waals surface area (Å²) in [6.07, 6.45) is 1.57. The van der Waals surface area contributed by atoms with E-state index in [2.05, 4.69) is 25.3 Å². The van der Waals surface area contributed by atoms with E-state index in [4.69, 9.17) is 0 Å². The van der Waals surface area contributed by atoms with Crippen molar-refractivity contribution in [3.8, 4) is 11.4 Å². The van der Waals surface area contributed by atoms with Crippen LogP contribution in [0.25, 0.3) is 11.4 Å². The highest BCUT2D eigenvalue weighted by Crippen LogP contribution is 2.16. The molecule has 0 unspecified atom stereocenters. The Hall–Kier alpha value is -3.68. The number of carbonyl (C=O) groups is 2. The van der Waals surface area contributed by atoms with E-state index in [-0.39, 0.29) is 5.82 Å². The molecule has 0 fully saturated rings. The molecular formula is C19H18N4O4. The van der Waals surface area contributed by atoms with Crippen LogP contribution in [0.3, 0.4) is 0 Å². The second kappa shape index (κ2) is 8.61. The normalized spacial score (nSPS) is 10.4. The number of carbonyl (C=O) groups excluding carboxylic acids is 2. The van der Waals surface area contributed by atoms with E-state index in [0.29, 0.717) is 17.8 Å². The van der Waals surface area contributed by atoms with E-state index in [9.17, 15) is 14.4 Å². The van der Waals surface area contributed by atoms with Crippen LogP contribution in [-0.2, 0) is 16.0 Å². The molecule has 0 aliphatic carbocycles. The average molecular weight is 366 g/mol. The third-order valence-corrected chi connectivity index (χ3v) is 3.83. The Kier molecular flexibility index (Phi) is 5.78. The fraction of sp³-hybridized carbons (Fsp3) is 0.158. The van der Waals surface area contributed by atoms with Crippen LogP contribution in [0.2, 0.25) is 0 Å². The molecule has 0 aliphatic rings. The van der Waals surface area contributed by atoms with Crippen LogP contribution in [0.4, 0.5) is 5.69 Å². The fourth-order valence-electron chi connectivity index (χ4n) is 2.47. The number of hydrogen-bond acceptors (Lipinski definition) is 5. The predicted octanol–water partition coefficient (Wildman–Crippen LogP) is 1.72. The molecule has 3 rings (SSSR count). The van der Waals surface area contributed by atoms with Crippen LogP contribution in [0.15, 0.2) is 63.9 Å². The fourth-order valence-corrected chi connectivity index (χ4v) is 2.47. The molecule has 0 saturated carbocycles. The Morgan fingerprint density at radius 2 is 1.74 bits per heavy atom. The third kappa shape index (κ3) is 5.15. The van der Waals surface area contributed by atoms with Gasteiger partial charge in [0, 0.05) is 17.8 Å². The Labute approximate surface area is 154 Å². The minimum Gasteiger partial charge on any atom is -0.348 e. The summed E-state index contributed by atoms with van der Waals surface area (Å²) in [5.74, 6) is -1.79. The lowest BCUT2D eigenvalue weighted by molar-refractivity contribution is -0.136. The van der Waals surface area contributed by atoms with Gasteiger partial charge in [-0.3, -0.25) is 19.1 Å². The Morgan fingerprint density at radius 1 is 1.00 bits per heavy atom. The van der Waals surface area contributed by atoms with Gasteiger partial charge in [0.15, 0.2) is 5.82 Å². The second-order valence-corrected chi connectivity index (χ2v) is 5.82. The number of rotatable bonds is 6. The number of amides is 2. The number of aryl methyl sites for hydroxylation is 1. The zero-order valence-corrected chi connectivity index (χ0v) is 14.4. The molecule has 8 heteroatoms. The summed E-state index contributed by atoms with van der Waals surface area (Å²) in [5, 5.41) is 8.69. The molecule has 0 radical (unpaired) electrons. The second-order valence-electron chi connectivity index (χ2n) is 5.82. The van der Waals surface area contributed by atoms with Crippen molar-refractivity contribution in [3.63, 3.8) is 0 Å². The van der Waals surface area contributed by atoms with Crippen LogP contribution in [0, 0.1) is 0 Å². The van der Waals surface area contributed by atoms with Gasteiger partial charge < -0.3 is 10.6 Å². The van der Waals surface area contributed by atoms with Crippen LogP contribution in [-0.4, -0.2) is 28.5 Å². The largest absolute Gasteiger partial charge is 0.439 e. The van der Waals surface area contributed by atoms with Crippen molar-refractivity contribution in [3.05, 3.63) is 70.7 Å². The lowest BCUT2D eigenvalue weighted by Crippen LogP contribution is -2.36. The summed E-state index contributed by atoms with van der Waals surface area (Å²) in [5.41, 5.74) is 2.25. The molecule has 0 saturated heterocycles. The molecule has 0 atom stereocenters. The van der Waals surface area contributed by atoms with Crippen molar-refractivity contribution < 1.29 is 14.1 Å². The zero-order valence-electron chi connectivity index (χ0n) is 14.4. The molecule has 3 N–H and O–H groups in total. The number of aromatic amines is 1. The lowest BCUT2D eigenvalue weighted by atomic mass is 10.1. The number of benzene rings is 2. The van der Waals surface area contributed by atoms with Crippen LogP contribution >= 0.6 is 0 Å². The molecule has 1 aromatic heterocycles. The molecule has 0 bridgehead atoms. The van der Waals surface area contributed by atoms with E-state index in [1.165, 1.54) is 5.56 Å². The minimum atomic E-state index is -0.739. The molecule has 2 amide bonds. The zero-order chi connectivity index (χ0) is 19.1. The molecule has 3 aromatic rings. The van der Waals surface area contributed by atoms with Crippen molar-refractivity contribution in [2.75, 3.05) is 11.9 Å². The van der Waals surface area contributed by atoms with Gasteiger partial charge in [-0.15, -0.1) is 0 Å². The SMILES string of the molecule is O=C(NCCCc1ccccc1)C(=O)Nc1ccc(-c2noc(=O)[nH]2)cc1. The maximum Gasteiger partial charge on any atom is 0.439 e. The average Bonchev–Trinajstić information content (AvgIpc) is 3.13. The van der Waals surface area contributed by atoms with E-state index in [0.717, 1.165) is 12.8 Å². The Balaban J connectivity index is 1.45. The first-order chi connectivity index (χ1) is 13.1. The van der Waals surface area contributed by atoms with Gasteiger partial charge >= 0.3 is 17.6 Å². The van der Waals surface area contributed by atoms with Gasteiger partial charge in [-0.2, -0.15) is 0 Å². The summed E-state index contributed by atoms with van der Waals surface area (Å²) in [4.78, 5) is 37.2. The highest BCUT2D eigenvalue weighted by molar-refractivity contribution is 6.39. The van der Waals surface area contributed by atoms with Gasteiger partial charge in [-0.1, -0.05) is 35.5 Å². The summed E-state index contributed by atoms with van der Waals surface area (Å²) in [6, 6.07) is 16.4. The molecule has 2 aromatic carbocycles. The smallest absolute Gasteiger partial charge is 0.348 e. The molecule has 0 aliphatic heterocycles. The predicted molar refractivity (Wildman–Crippen MR) is 99.0 cm³/mol. The van der Waals surface area contributed by atoms with Gasteiger partial charge in [0.05, 0.1) is 0 Å². The molecular weight excluding hydrogens is 348 g/mol. The molecule has 138 valence electrons. The summed E-state index contributed by atoms with van der Waals surface area (Å²) < 4.78 is 4.44. The van der Waals surface area contributed by atoms with Gasteiger partial charge in [0.1, 0.15) is 0 Å². The van der Waals surface area contributed by atoms with Crippen LogP contribution < -0.4 is 16.4 Å². The summed E-state index contributed by atoms with van der Waals surface area (Å²) >= 11 is 0. The van der Waals surface area contributed by atoms with Gasteiger partial charge in [-0.05, 0) is 42.7 Å². The lowest BCUT2D eigenvalue weighted by Gasteiger charge is -2.07. The van der Waals surface area contributed by atoms with Crippen molar-refractivity contribution in [2.45, 2.75) is 12.8 Å². The Bertz CT molecular complexity index is 961. The van der Waals surface area contributed by atoms with Gasteiger partial charge in [0.25, 0.3) is 0 Å². The van der Waals surface area contributed by atoms with E-state index < -0.39 is 17.6 Å². The maximum atomic E-state index is 11.9. The number of H-pyrrole nitrogens is 1. The van der Waals surface area contributed by atoms with Crippen molar-refractivity contribution >= 4 is 17.5 Å². The number of aromatic nitrogens is 2. The topological polar surface area (TPSA) is 117 Å². The minimum absolute atomic E-state index is 0.286. The summed E-state index contributed by atoms with van der Waals surface area (Å²) in [7, 11) is 0. The standard InChI is InChI=1S/C19H18N4O4/c24-17(20-12-4-7-13-5-2-1-3-6-13)18(25)21-15-10-8-14(9-11-15)16-22-19(26)27-23-16/h1-3,5-6,8-11H,4,7,12H2,(H,20,24)(H,21,25)(H,22,23,26). The maximum absolute atomic E-state index is 11.9. The molecule has 1 heterocycles. The van der Waals surface area contributed by atoms with E-state index in [1.807, 2.05) is 30.3 Å². The molecule has 0 spiro atoms. The van der Waals surface area contributed by atoms with E-state index in [1.54, 1.807) is 24.3 Å². The van der Waals surface area contributed by atoms with E-state index >= 15 is 0 Å². The number of hydrogen-bond donors (Lipinski definition) is 3. The third-order valence-electron chi connectivity index (χ3n) is 3.83. The summed E-state index contributed by atoms with van der Waals surface area (Å²) in [6.45, 7) is 0.416. The van der Waals surface area contributed by atoms with Crippen LogP contribution in [0.5, 0.6) is 0 Å². The molecule has 27 heavy (non-hydrogen) atoms. The molecule has 8 nitrogen and oxygen atoms in total. The van der Waals surface area contributed by atoms with Crippen molar-refractivity contribution in [2.24, 2.45) is 0 Å². The van der Waals surface area contributed by atoms with Gasteiger partial charge in [0.2, 0.25) is 0 Å². The number of anilines is 1. The number of nitrogens with zero attached hydrogens (tertiary/aromatic N) is 1. The van der Waals surface area contributed by atoms with Gasteiger partial charge in [-0.25, -0.2) is 4.79 Å². The first-order valence-corrected chi connectivity index (χ1v) is 8.41. The Morgan fingerprint density at radius 3 is 2.41 bits per heavy atom. The highest BCUT2D eigenvalue weighted by atomic mass is 16.5. The van der Waals surface area contributed by atoms with Crippen LogP contribution in [0.1, 0.15) is 12.0 Å². The number of nitrogens with one attached hydrogen (secondary N) is 3.